The molecule has 2 nitrogen and oxygen atoms in total. The molecule has 0 saturated heterocycles. The Bertz CT molecular complexity index is 480. The van der Waals surface area contributed by atoms with Gasteiger partial charge in [0, 0.05) is 5.92 Å². The zero-order chi connectivity index (χ0) is 9.54. The molecule has 3 rings (SSSR count). The van der Waals surface area contributed by atoms with Gasteiger partial charge in [0.05, 0.1) is 0 Å². The summed E-state index contributed by atoms with van der Waals surface area (Å²) < 4.78 is 4.85. The molecule has 0 radical (unpaired) electrons. The van der Waals surface area contributed by atoms with Crippen LogP contribution in [0.3, 0.4) is 0 Å². The van der Waals surface area contributed by atoms with Crippen molar-refractivity contribution in [2.24, 2.45) is 0 Å². The van der Waals surface area contributed by atoms with E-state index < -0.39 is 0 Å². The summed E-state index contributed by atoms with van der Waals surface area (Å²) in [4.78, 5) is 4.36. The standard InChI is InChI=1S/C10H7BrN2S/c11-10-12-9(14-13-10)8-5-6-3-1-2-4-7(6)8/h1-4,8H,5H2. The predicted molar refractivity (Wildman–Crippen MR) is 59.6 cm³/mol. The lowest BCUT2D eigenvalue weighted by Crippen LogP contribution is -2.17. The zero-order valence-corrected chi connectivity index (χ0v) is 9.68. The average molecular weight is 267 g/mol. The maximum absolute atomic E-state index is 4.36. The molecule has 2 aromatic rings. The molecule has 1 aromatic heterocycles. The first kappa shape index (κ1) is 8.56. The molecule has 0 spiro atoms. The lowest BCUT2D eigenvalue weighted by atomic mass is 9.78. The van der Waals surface area contributed by atoms with Gasteiger partial charge in [0.25, 0.3) is 0 Å². The average Bonchev–Trinajstić information content (AvgIpc) is 2.54. The summed E-state index contributed by atoms with van der Waals surface area (Å²) in [5.41, 5.74) is 2.86. The smallest absolute Gasteiger partial charge is 0.209 e. The summed E-state index contributed by atoms with van der Waals surface area (Å²) in [7, 11) is 0. The van der Waals surface area contributed by atoms with Crippen LogP contribution >= 0.6 is 27.5 Å². The summed E-state index contributed by atoms with van der Waals surface area (Å²) in [5, 5.41) is 1.12. The van der Waals surface area contributed by atoms with Gasteiger partial charge < -0.3 is 0 Å². The van der Waals surface area contributed by atoms with Gasteiger partial charge in [-0.15, -0.1) is 0 Å². The van der Waals surface area contributed by atoms with Crippen molar-refractivity contribution in [3.8, 4) is 0 Å². The fourth-order valence-electron chi connectivity index (χ4n) is 1.84. The third-order valence-corrected chi connectivity index (χ3v) is 3.99. The van der Waals surface area contributed by atoms with Crippen LogP contribution in [0, 0.1) is 0 Å². The van der Waals surface area contributed by atoms with Crippen LogP contribution in [0.4, 0.5) is 0 Å². The Balaban J connectivity index is 1.99. The van der Waals surface area contributed by atoms with Crippen molar-refractivity contribution < 1.29 is 0 Å². The zero-order valence-electron chi connectivity index (χ0n) is 7.27. The Morgan fingerprint density at radius 2 is 2.21 bits per heavy atom. The van der Waals surface area contributed by atoms with Gasteiger partial charge in [0.1, 0.15) is 5.01 Å². The number of aromatic nitrogens is 2. The van der Waals surface area contributed by atoms with Gasteiger partial charge in [0.2, 0.25) is 4.73 Å². The van der Waals surface area contributed by atoms with Crippen LogP contribution in [0.2, 0.25) is 0 Å². The van der Waals surface area contributed by atoms with Gasteiger partial charge in [0.15, 0.2) is 0 Å². The molecule has 0 saturated carbocycles. The highest BCUT2D eigenvalue weighted by Gasteiger charge is 2.29. The molecule has 0 fully saturated rings. The minimum absolute atomic E-state index is 0.481. The Morgan fingerprint density at radius 1 is 1.36 bits per heavy atom. The number of rotatable bonds is 1. The molecule has 0 amide bonds. The third-order valence-electron chi connectivity index (χ3n) is 2.57. The maximum Gasteiger partial charge on any atom is 0.209 e. The van der Waals surface area contributed by atoms with Crippen LogP contribution in [0.25, 0.3) is 0 Å². The van der Waals surface area contributed by atoms with Crippen molar-refractivity contribution in [1.82, 2.24) is 9.36 Å². The molecule has 1 atom stereocenters. The van der Waals surface area contributed by atoms with Crippen molar-refractivity contribution >= 4 is 27.5 Å². The summed E-state index contributed by atoms with van der Waals surface area (Å²) in [6.07, 6.45) is 1.11. The van der Waals surface area contributed by atoms with Crippen LogP contribution in [-0.4, -0.2) is 9.36 Å². The summed E-state index contributed by atoms with van der Waals surface area (Å²) in [6, 6.07) is 8.53. The molecular weight excluding hydrogens is 260 g/mol. The monoisotopic (exact) mass is 266 g/mol. The van der Waals surface area contributed by atoms with Gasteiger partial charge in [-0.1, -0.05) is 24.3 Å². The second-order valence-corrected chi connectivity index (χ2v) is 4.85. The fraction of sp³-hybridized carbons (Fsp3) is 0.200. The number of hydrogen-bond acceptors (Lipinski definition) is 3. The number of fused-ring (bicyclic) bond motifs is 1. The first-order valence-electron chi connectivity index (χ1n) is 4.41. The Kier molecular flexibility index (Phi) is 1.92. The first-order valence-corrected chi connectivity index (χ1v) is 5.98. The topological polar surface area (TPSA) is 25.8 Å². The Hall–Kier alpha value is -0.740. The van der Waals surface area contributed by atoms with Gasteiger partial charge >= 0.3 is 0 Å². The molecule has 14 heavy (non-hydrogen) atoms. The highest BCUT2D eigenvalue weighted by Crippen LogP contribution is 2.40. The molecule has 70 valence electrons. The number of benzene rings is 1. The van der Waals surface area contributed by atoms with E-state index in [-0.39, 0.29) is 0 Å². The Labute approximate surface area is 94.3 Å². The van der Waals surface area contributed by atoms with E-state index in [1.54, 1.807) is 0 Å². The minimum Gasteiger partial charge on any atom is -0.213 e. The molecular formula is C10H7BrN2S. The molecule has 0 aliphatic heterocycles. The highest BCUT2D eigenvalue weighted by atomic mass is 79.9. The lowest BCUT2D eigenvalue weighted by molar-refractivity contribution is 0.701. The van der Waals surface area contributed by atoms with Crippen LogP contribution in [0.15, 0.2) is 29.0 Å². The largest absolute Gasteiger partial charge is 0.213 e. The third kappa shape index (κ3) is 1.21. The van der Waals surface area contributed by atoms with E-state index in [1.807, 2.05) is 0 Å². The number of halogens is 1. The molecule has 1 unspecified atom stereocenters. The van der Waals surface area contributed by atoms with Crippen LogP contribution in [0.1, 0.15) is 22.1 Å². The Morgan fingerprint density at radius 3 is 2.93 bits per heavy atom. The van der Waals surface area contributed by atoms with E-state index in [4.69, 9.17) is 0 Å². The van der Waals surface area contributed by atoms with Gasteiger partial charge in [-0.25, -0.2) is 4.98 Å². The molecule has 1 aliphatic carbocycles. The second-order valence-electron chi connectivity index (χ2n) is 3.36. The summed E-state index contributed by atoms with van der Waals surface area (Å²) in [5.74, 6) is 0.481. The predicted octanol–water partition coefficient (Wildman–Crippen LogP) is 2.99. The quantitative estimate of drug-likeness (QED) is 0.793. The van der Waals surface area contributed by atoms with E-state index in [1.165, 1.54) is 22.7 Å². The van der Waals surface area contributed by atoms with Gasteiger partial charge in [-0.2, -0.15) is 4.37 Å². The van der Waals surface area contributed by atoms with E-state index in [9.17, 15) is 0 Å². The van der Waals surface area contributed by atoms with E-state index in [0.717, 1.165) is 11.4 Å². The number of nitrogens with zero attached hydrogens (tertiary/aromatic N) is 2. The molecule has 1 heterocycles. The molecule has 4 heteroatoms. The summed E-state index contributed by atoms with van der Waals surface area (Å²) in [6.45, 7) is 0. The van der Waals surface area contributed by atoms with Gasteiger partial charge in [-0.05, 0) is 45.0 Å². The van der Waals surface area contributed by atoms with Crippen LogP contribution in [0.5, 0.6) is 0 Å². The van der Waals surface area contributed by atoms with Crippen molar-refractivity contribution in [1.29, 1.82) is 0 Å². The molecule has 0 N–H and O–H groups in total. The van der Waals surface area contributed by atoms with Gasteiger partial charge in [-0.3, -0.25) is 0 Å². The van der Waals surface area contributed by atoms with Crippen molar-refractivity contribution in [2.45, 2.75) is 12.3 Å². The van der Waals surface area contributed by atoms with Crippen LogP contribution in [-0.2, 0) is 6.42 Å². The minimum atomic E-state index is 0.481. The normalized spacial score (nSPS) is 18.8. The second kappa shape index (κ2) is 3.14. The maximum atomic E-state index is 4.36. The van der Waals surface area contributed by atoms with Crippen molar-refractivity contribution in [2.75, 3.05) is 0 Å². The highest BCUT2D eigenvalue weighted by molar-refractivity contribution is 9.10. The van der Waals surface area contributed by atoms with E-state index in [2.05, 4.69) is 49.6 Å². The molecule has 0 bridgehead atoms. The van der Waals surface area contributed by atoms with E-state index in [0.29, 0.717) is 10.7 Å². The first-order chi connectivity index (χ1) is 6.84. The SMILES string of the molecule is Brc1nsc(C2Cc3ccccc32)n1. The fourth-order valence-corrected chi connectivity index (χ4v) is 3.04. The van der Waals surface area contributed by atoms with E-state index >= 15 is 0 Å². The summed E-state index contributed by atoms with van der Waals surface area (Å²) >= 11 is 4.77. The molecule has 1 aliphatic rings. The van der Waals surface area contributed by atoms with Crippen molar-refractivity contribution in [3.63, 3.8) is 0 Å². The van der Waals surface area contributed by atoms with Crippen molar-refractivity contribution in [3.05, 3.63) is 45.1 Å². The molecule has 1 aromatic carbocycles. The van der Waals surface area contributed by atoms with Crippen LogP contribution < -0.4 is 0 Å². The number of hydrogen-bond donors (Lipinski definition) is 0. The lowest BCUT2D eigenvalue weighted by Gasteiger charge is -2.27.